The van der Waals surface area contributed by atoms with Gasteiger partial charge >= 0.3 is 0 Å². The first kappa shape index (κ1) is 13.1. The van der Waals surface area contributed by atoms with E-state index in [0.717, 1.165) is 5.56 Å². The minimum atomic E-state index is -3.35. The van der Waals surface area contributed by atoms with Crippen LogP contribution in [0.15, 0.2) is 59.5 Å². The summed E-state index contributed by atoms with van der Waals surface area (Å²) in [7, 11) is -3.35. The average Bonchev–Trinajstić information content (AvgIpc) is 2.40. The fourth-order valence-electron chi connectivity index (χ4n) is 1.73. The van der Waals surface area contributed by atoms with E-state index < -0.39 is 15.1 Å². The van der Waals surface area contributed by atoms with Gasteiger partial charge in [0, 0.05) is 5.02 Å². The highest BCUT2D eigenvalue weighted by molar-refractivity contribution is 7.91. The zero-order chi connectivity index (χ0) is 13.2. The summed E-state index contributed by atoms with van der Waals surface area (Å²) in [6.07, 6.45) is 0. The van der Waals surface area contributed by atoms with Crippen LogP contribution in [-0.2, 0) is 9.84 Å². The van der Waals surface area contributed by atoms with Gasteiger partial charge < -0.3 is 0 Å². The first-order chi connectivity index (χ1) is 8.51. The van der Waals surface area contributed by atoms with Crippen molar-refractivity contribution in [2.75, 3.05) is 0 Å². The summed E-state index contributed by atoms with van der Waals surface area (Å²) in [5.41, 5.74) is 0.739. The van der Waals surface area contributed by atoms with Crippen molar-refractivity contribution >= 4 is 21.4 Å². The van der Waals surface area contributed by atoms with Gasteiger partial charge in [0.05, 0.1) is 10.1 Å². The number of rotatable bonds is 3. The molecule has 2 nitrogen and oxygen atoms in total. The molecule has 94 valence electrons. The Hall–Kier alpha value is -1.32. The fraction of sp³-hybridized carbons (Fsp3) is 0.143. The molecule has 1 unspecified atom stereocenters. The highest BCUT2D eigenvalue weighted by Gasteiger charge is 2.24. The predicted octanol–water partition coefficient (Wildman–Crippen LogP) is 3.87. The molecule has 0 aromatic heterocycles. The van der Waals surface area contributed by atoms with Crippen LogP contribution >= 0.6 is 11.6 Å². The van der Waals surface area contributed by atoms with Gasteiger partial charge in [-0.3, -0.25) is 0 Å². The molecular formula is C14H13ClO2S. The van der Waals surface area contributed by atoms with Crippen molar-refractivity contribution in [2.24, 2.45) is 0 Å². The maximum absolute atomic E-state index is 12.4. The van der Waals surface area contributed by atoms with Gasteiger partial charge in [-0.15, -0.1) is 0 Å². The van der Waals surface area contributed by atoms with Crippen molar-refractivity contribution in [3.05, 3.63) is 65.2 Å². The van der Waals surface area contributed by atoms with Crippen LogP contribution in [0, 0.1) is 0 Å². The highest BCUT2D eigenvalue weighted by atomic mass is 35.5. The van der Waals surface area contributed by atoms with Gasteiger partial charge in [0.15, 0.2) is 9.84 Å². The zero-order valence-corrected chi connectivity index (χ0v) is 11.4. The van der Waals surface area contributed by atoms with Crippen molar-refractivity contribution in [3.8, 4) is 0 Å². The third-order valence-corrected chi connectivity index (χ3v) is 5.26. The Kier molecular flexibility index (Phi) is 3.73. The van der Waals surface area contributed by atoms with E-state index in [4.69, 9.17) is 11.6 Å². The van der Waals surface area contributed by atoms with Crippen LogP contribution in [-0.4, -0.2) is 8.42 Å². The third kappa shape index (κ3) is 2.57. The summed E-state index contributed by atoms with van der Waals surface area (Å²) in [6, 6.07) is 15.4. The summed E-state index contributed by atoms with van der Waals surface area (Å²) in [4.78, 5) is 0.340. The van der Waals surface area contributed by atoms with E-state index in [9.17, 15) is 8.42 Å². The van der Waals surface area contributed by atoms with Crippen LogP contribution in [0.3, 0.4) is 0 Å². The van der Waals surface area contributed by atoms with Gasteiger partial charge in [0.1, 0.15) is 0 Å². The Morgan fingerprint density at radius 1 is 0.944 bits per heavy atom. The molecule has 0 saturated heterocycles. The van der Waals surface area contributed by atoms with Crippen molar-refractivity contribution in [3.63, 3.8) is 0 Å². The molecule has 2 rings (SSSR count). The number of sulfone groups is 1. The fourth-order valence-corrected chi connectivity index (χ4v) is 3.31. The largest absolute Gasteiger partial charge is 0.223 e. The average molecular weight is 281 g/mol. The van der Waals surface area contributed by atoms with Gasteiger partial charge in [-0.25, -0.2) is 8.42 Å². The summed E-state index contributed by atoms with van der Waals surface area (Å²) < 4.78 is 24.8. The monoisotopic (exact) mass is 280 g/mol. The molecule has 4 heteroatoms. The van der Waals surface area contributed by atoms with E-state index >= 15 is 0 Å². The molecule has 0 spiro atoms. The first-order valence-electron chi connectivity index (χ1n) is 5.56. The standard InChI is InChI=1S/C14H13ClO2S/c1-11(12-7-9-13(15)10-8-12)18(16,17)14-5-3-2-4-6-14/h2-11H,1H3. The minimum absolute atomic E-state index is 0.340. The molecule has 0 amide bonds. The number of benzene rings is 2. The van der Waals surface area contributed by atoms with Crippen LogP contribution in [0.25, 0.3) is 0 Å². The number of hydrogen-bond donors (Lipinski definition) is 0. The van der Waals surface area contributed by atoms with Crippen molar-refractivity contribution in [1.82, 2.24) is 0 Å². The Bertz CT molecular complexity index is 619. The molecule has 1 atom stereocenters. The molecule has 0 fully saturated rings. The van der Waals surface area contributed by atoms with Crippen molar-refractivity contribution in [1.29, 1.82) is 0 Å². The Labute approximate surface area is 112 Å². The quantitative estimate of drug-likeness (QED) is 0.855. The van der Waals surface area contributed by atoms with Crippen LogP contribution in [0.5, 0.6) is 0 Å². The first-order valence-corrected chi connectivity index (χ1v) is 7.48. The van der Waals surface area contributed by atoms with Crippen LogP contribution in [0.1, 0.15) is 17.7 Å². The molecule has 0 aliphatic heterocycles. The molecule has 0 aliphatic carbocycles. The van der Waals surface area contributed by atoms with Crippen LogP contribution in [0.4, 0.5) is 0 Å². The van der Waals surface area contributed by atoms with Gasteiger partial charge in [0.2, 0.25) is 0 Å². The Morgan fingerprint density at radius 3 is 2.06 bits per heavy atom. The number of hydrogen-bond acceptors (Lipinski definition) is 2. The van der Waals surface area contributed by atoms with E-state index in [2.05, 4.69) is 0 Å². The van der Waals surface area contributed by atoms with Gasteiger partial charge in [-0.1, -0.05) is 41.9 Å². The lowest BCUT2D eigenvalue weighted by molar-refractivity contribution is 0.586. The molecule has 0 N–H and O–H groups in total. The highest BCUT2D eigenvalue weighted by Crippen LogP contribution is 2.28. The molecule has 18 heavy (non-hydrogen) atoms. The predicted molar refractivity (Wildman–Crippen MR) is 73.5 cm³/mol. The normalized spacial score (nSPS) is 13.2. The Morgan fingerprint density at radius 2 is 1.50 bits per heavy atom. The summed E-state index contributed by atoms with van der Waals surface area (Å²) in [5, 5.41) is 0.0141. The summed E-state index contributed by atoms with van der Waals surface area (Å²) in [5.74, 6) is 0. The lowest BCUT2D eigenvalue weighted by atomic mass is 10.2. The lowest BCUT2D eigenvalue weighted by Crippen LogP contribution is -2.10. The van der Waals surface area contributed by atoms with E-state index in [1.807, 2.05) is 0 Å². The SMILES string of the molecule is CC(c1ccc(Cl)cc1)S(=O)(=O)c1ccccc1. The second kappa shape index (κ2) is 5.12. The Balaban J connectivity index is 2.39. The van der Waals surface area contributed by atoms with Crippen molar-refractivity contribution in [2.45, 2.75) is 17.1 Å². The molecule has 2 aromatic rings. The van der Waals surface area contributed by atoms with Gasteiger partial charge in [-0.2, -0.15) is 0 Å². The van der Waals surface area contributed by atoms with Crippen LogP contribution < -0.4 is 0 Å². The third-order valence-electron chi connectivity index (χ3n) is 2.88. The van der Waals surface area contributed by atoms with E-state index in [1.165, 1.54) is 0 Å². The van der Waals surface area contributed by atoms with Crippen molar-refractivity contribution < 1.29 is 8.42 Å². The summed E-state index contributed by atoms with van der Waals surface area (Å²) in [6.45, 7) is 1.69. The molecule has 0 bridgehead atoms. The van der Waals surface area contributed by atoms with Gasteiger partial charge in [-0.05, 0) is 36.8 Å². The second-order valence-electron chi connectivity index (χ2n) is 4.05. The molecule has 0 saturated carbocycles. The maximum atomic E-state index is 12.4. The molecule has 0 aliphatic rings. The van der Waals surface area contributed by atoms with Gasteiger partial charge in [0.25, 0.3) is 0 Å². The zero-order valence-electron chi connectivity index (χ0n) is 9.88. The molecule has 2 aromatic carbocycles. The smallest absolute Gasteiger partial charge is 0.185 e. The van der Waals surface area contributed by atoms with E-state index in [1.54, 1.807) is 61.5 Å². The second-order valence-corrected chi connectivity index (χ2v) is 6.76. The van der Waals surface area contributed by atoms with E-state index in [0.29, 0.717) is 9.92 Å². The molecular weight excluding hydrogens is 268 g/mol. The molecule has 0 radical (unpaired) electrons. The maximum Gasteiger partial charge on any atom is 0.185 e. The van der Waals surface area contributed by atoms with E-state index in [-0.39, 0.29) is 0 Å². The summed E-state index contributed by atoms with van der Waals surface area (Å²) >= 11 is 5.80. The lowest BCUT2D eigenvalue weighted by Gasteiger charge is -2.13. The van der Waals surface area contributed by atoms with Crippen LogP contribution in [0.2, 0.25) is 5.02 Å². The number of halogens is 1. The minimum Gasteiger partial charge on any atom is -0.223 e. The molecule has 0 heterocycles. The topological polar surface area (TPSA) is 34.1 Å².